The minimum Gasteiger partial charge on any atom is -0.398 e. The number of nitrogens with zero attached hydrogens (tertiary/aromatic N) is 2. The third-order valence-corrected chi connectivity index (χ3v) is 11.3. The minimum atomic E-state index is -0.0507. The first-order valence-electron chi connectivity index (χ1n) is 20.5. The highest BCUT2D eigenvalue weighted by Crippen LogP contribution is 2.44. The Labute approximate surface area is 350 Å². The van der Waals surface area contributed by atoms with Crippen LogP contribution in [-0.2, 0) is 9.59 Å². The van der Waals surface area contributed by atoms with Crippen molar-refractivity contribution in [1.29, 1.82) is 0 Å². The maximum atomic E-state index is 12.7. The van der Waals surface area contributed by atoms with Crippen molar-refractivity contribution in [1.82, 2.24) is 4.90 Å². The van der Waals surface area contributed by atoms with Crippen molar-refractivity contribution >= 4 is 46.2 Å². The Morgan fingerprint density at radius 1 is 0.483 bits per heavy atom. The first-order valence-corrected chi connectivity index (χ1v) is 20.5. The fourth-order valence-electron chi connectivity index (χ4n) is 8.16. The number of likely N-dealkylation sites (N-methyl/N-ethyl adjacent to an activating group) is 1. The molecule has 6 aromatic carbocycles. The zero-order valence-electron chi connectivity index (χ0n) is 34.4. The van der Waals surface area contributed by atoms with Gasteiger partial charge in [0.25, 0.3) is 0 Å². The maximum Gasteiger partial charge on any atom is 0.226 e. The van der Waals surface area contributed by atoms with Gasteiger partial charge >= 0.3 is 0 Å². The lowest BCUT2D eigenvalue weighted by atomic mass is 10.0. The first-order chi connectivity index (χ1) is 29.1. The number of anilines is 3. The second kappa shape index (κ2) is 17.9. The number of benzene rings is 6. The number of rotatable bonds is 9. The molecule has 0 aromatic heterocycles. The molecule has 0 aliphatic heterocycles. The van der Waals surface area contributed by atoms with E-state index >= 15 is 0 Å². The zero-order valence-corrected chi connectivity index (χ0v) is 34.4. The Balaban J connectivity index is 0.000000141. The number of hydrogen-bond donors (Lipinski definition) is 2. The standard InChI is InChI=1S/C22H26N2O2.C16H13NO2.C13H9NO/c1-4-20(25)24(15-14-23(5-2)6-3)19-13-9-12-18-21(19)16-10-7-8-11-17(16)22(18)26;1-2-14(18)17-13-9-5-8-12-15(13)10-6-3-4-7-11(10)16(12)19;14-11-7-3-6-10-12(11)8-4-1-2-5-9(8)13(10)15/h7-13H,4-6,14-15H2,1-3H3;3-9H,2H2,1H3,(H,17,18);1-7H,14H2. The van der Waals surface area contributed by atoms with Crippen LogP contribution < -0.4 is 16.0 Å². The van der Waals surface area contributed by atoms with E-state index in [9.17, 15) is 24.0 Å². The Kier molecular flexibility index (Phi) is 12.3. The molecule has 0 bridgehead atoms. The van der Waals surface area contributed by atoms with Crippen molar-refractivity contribution < 1.29 is 24.0 Å². The van der Waals surface area contributed by atoms with Gasteiger partial charge in [-0.15, -0.1) is 0 Å². The number of nitrogen functional groups attached to an aromatic ring is 1. The third-order valence-electron chi connectivity index (χ3n) is 11.3. The predicted octanol–water partition coefficient (Wildman–Crippen LogP) is 9.71. The quantitative estimate of drug-likeness (QED) is 0.139. The van der Waals surface area contributed by atoms with E-state index in [1.165, 1.54) is 0 Å². The second-order valence-corrected chi connectivity index (χ2v) is 14.6. The van der Waals surface area contributed by atoms with E-state index in [1.807, 2.05) is 127 Å². The van der Waals surface area contributed by atoms with Gasteiger partial charge in [-0.25, -0.2) is 0 Å². The number of amides is 2. The topological polar surface area (TPSA) is 130 Å². The van der Waals surface area contributed by atoms with Crippen molar-refractivity contribution in [3.8, 4) is 33.4 Å². The smallest absolute Gasteiger partial charge is 0.226 e. The number of hydrogen-bond acceptors (Lipinski definition) is 7. The molecule has 3 N–H and O–H groups in total. The highest BCUT2D eigenvalue weighted by Gasteiger charge is 2.32. The van der Waals surface area contributed by atoms with Gasteiger partial charge in [0.2, 0.25) is 11.8 Å². The summed E-state index contributed by atoms with van der Waals surface area (Å²) in [5.41, 5.74) is 17.8. The van der Waals surface area contributed by atoms with Crippen LogP contribution in [0.15, 0.2) is 127 Å². The van der Waals surface area contributed by atoms with Crippen molar-refractivity contribution in [2.45, 2.75) is 40.5 Å². The lowest BCUT2D eigenvalue weighted by molar-refractivity contribution is -0.118. The van der Waals surface area contributed by atoms with Gasteiger partial charge in [0, 0.05) is 87.4 Å². The molecule has 0 fully saturated rings. The van der Waals surface area contributed by atoms with Crippen LogP contribution >= 0.6 is 0 Å². The fourth-order valence-corrected chi connectivity index (χ4v) is 8.16. The van der Waals surface area contributed by atoms with Crippen LogP contribution in [0, 0.1) is 0 Å². The lowest BCUT2D eigenvalue weighted by Crippen LogP contribution is -2.38. The van der Waals surface area contributed by atoms with Gasteiger partial charge in [-0.2, -0.15) is 0 Å². The Hall–Kier alpha value is -6.97. The van der Waals surface area contributed by atoms with E-state index < -0.39 is 0 Å². The molecule has 9 nitrogen and oxygen atoms in total. The molecule has 0 atom stereocenters. The summed E-state index contributed by atoms with van der Waals surface area (Å²) in [6.07, 6.45) is 0.858. The van der Waals surface area contributed by atoms with E-state index in [1.54, 1.807) is 19.1 Å². The van der Waals surface area contributed by atoms with Crippen molar-refractivity contribution in [2.75, 3.05) is 42.1 Å². The molecule has 0 heterocycles. The summed E-state index contributed by atoms with van der Waals surface area (Å²) in [6, 6.07) is 39.4. The second-order valence-electron chi connectivity index (χ2n) is 14.6. The molecule has 0 saturated carbocycles. The molecule has 2 amide bonds. The van der Waals surface area contributed by atoms with Gasteiger partial charge in [0.15, 0.2) is 17.3 Å². The summed E-state index contributed by atoms with van der Waals surface area (Å²) in [5.74, 6) is 0.184. The summed E-state index contributed by atoms with van der Waals surface area (Å²) in [4.78, 5) is 65.5. The van der Waals surface area contributed by atoms with Gasteiger partial charge in [-0.05, 0) is 48.0 Å². The van der Waals surface area contributed by atoms with Gasteiger partial charge in [-0.3, -0.25) is 24.0 Å². The molecule has 0 radical (unpaired) electrons. The van der Waals surface area contributed by atoms with E-state index in [0.717, 1.165) is 75.4 Å². The molecular weight excluding hydrogens is 749 g/mol. The minimum absolute atomic E-state index is 0.0261. The summed E-state index contributed by atoms with van der Waals surface area (Å²) >= 11 is 0. The van der Waals surface area contributed by atoms with Crippen molar-refractivity contribution in [2.24, 2.45) is 0 Å². The van der Waals surface area contributed by atoms with Crippen LogP contribution in [0.1, 0.15) is 88.3 Å². The third kappa shape index (κ3) is 7.67. The zero-order chi connectivity index (χ0) is 42.5. The van der Waals surface area contributed by atoms with Crippen LogP contribution in [0.2, 0.25) is 0 Å². The van der Waals surface area contributed by atoms with E-state index in [2.05, 4.69) is 24.1 Å². The number of nitrogens with one attached hydrogen (secondary N) is 1. The lowest BCUT2D eigenvalue weighted by Gasteiger charge is -2.28. The molecular formula is C51H48N4O5. The average molecular weight is 797 g/mol. The van der Waals surface area contributed by atoms with Crippen LogP contribution in [0.4, 0.5) is 17.1 Å². The number of carbonyl (C=O) groups is 5. The van der Waals surface area contributed by atoms with Crippen LogP contribution in [0.3, 0.4) is 0 Å². The van der Waals surface area contributed by atoms with Crippen LogP contribution in [0.25, 0.3) is 33.4 Å². The normalized spacial score (nSPS) is 12.2. The number of fused-ring (bicyclic) bond motifs is 9. The van der Waals surface area contributed by atoms with E-state index in [-0.39, 0.29) is 29.2 Å². The number of carbonyl (C=O) groups excluding carboxylic acids is 5. The van der Waals surface area contributed by atoms with Crippen LogP contribution in [-0.4, -0.2) is 60.2 Å². The summed E-state index contributed by atoms with van der Waals surface area (Å²) in [5, 5.41) is 2.86. The fraction of sp³-hybridized carbons (Fsp3) is 0.196. The molecule has 60 heavy (non-hydrogen) atoms. The summed E-state index contributed by atoms with van der Waals surface area (Å²) in [7, 11) is 0. The van der Waals surface area contributed by atoms with Crippen molar-refractivity contribution in [3.05, 3.63) is 161 Å². The molecule has 0 spiro atoms. The summed E-state index contributed by atoms with van der Waals surface area (Å²) < 4.78 is 0. The molecule has 3 aliphatic carbocycles. The molecule has 3 aliphatic rings. The number of nitrogens with two attached hydrogens (primary N) is 1. The number of ketones is 3. The predicted molar refractivity (Wildman–Crippen MR) is 240 cm³/mol. The van der Waals surface area contributed by atoms with Crippen LogP contribution in [0.5, 0.6) is 0 Å². The van der Waals surface area contributed by atoms with Gasteiger partial charge < -0.3 is 20.9 Å². The molecule has 0 saturated heterocycles. The first kappa shape index (κ1) is 41.2. The van der Waals surface area contributed by atoms with Gasteiger partial charge in [0.05, 0.1) is 5.69 Å². The Morgan fingerprint density at radius 3 is 1.43 bits per heavy atom. The summed E-state index contributed by atoms with van der Waals surface area (Å²) in [6.45, 7) is 11.3. The molecule has 9 rings (SSSR count). The van der Waals surface area contributed by atoms with Gasteiger partial charge in [-0.1, -0.05) is 137 Å². The van der Waals surface area contributed by atoms with E-state index in [0.29, 0.717) is 47.5 Å². The van der Waals surface area contributed by atoms with Gasteiger partial charge in [0.1, 0.15) is 0 Å². The highest BCUT2D eigenvalue weighted by atomic mass is 16.2. The molecule has 0 unspecified atom stereocenters. The molecule has 302 valence electrons. The van der Waals surface area contributed by atoms with E-state index in [4.69, 9.17) is 5.73 Å². The largest absolute Gasteiger partial charge is 0.398 e. The highest BCUT2D eigenvalue weighted by molar-refractivity contribution is 6.25. The Bertz CT molecular complexity index is 2660. The van der Waals surface area contributed by atoms with Crippen molar-refractivity contribution in [3.63, 3.8) is 0 Å². The Morgan fingerprint density at radius 2 is 0.917 bits per heavy atom. The molecule has 9 heteroatoms. The average Bonchev–Trinajstić information content (AvgIpc) is 3.87. The SMILES string of the molecule is CCC(=O)N(CCN(CC)CC)c1cccc2c1-c1ccccc1C2=O.CCC(=O)Nc1cccc2c1-c1ccccc1C2=O.Nc1cccc2c1-c1ccccc1C2=O. The maximum absolute atomic E-state index is 12.7. The molecule has 6 aromatic rings. The monoisotopic (exact) mass is 796 g/mol.